The minimum Gasteiger partial charge on any atom is -0.406 e. The number of hydrogen-bond acceptors (Lipinski definition) is 3. The van der Waals surface area contributed by atoms with E-state index in [1.807, 2.05) is 0 Å². The zero-order valence-corrected chi connectivity index (χ0v) is 14.3. The molecule has 0 atom stereocenters. The molecule has 2 aromatic carbocycles. The summed E-state index contributed by atoms with van der Waals surface area (Å²) in [5.41, 5.74) is 1.19. The normalized spacial score (nSPS) is 15.0. The Hall–Kier alpha value is -1.93. The van der Waals surface area contributed by atoms with E-state index in [1.165, 1.54) is 30.3 Å². The first-order chi connectivity index (χ1) is 11.6. The van der Waals surface area contributed by atoms with E-state index in [2.05, 4.69) is 9.46 Å². The molecule has 1 aliphatic carbocycles. The molecule has 2 aromatic rings. The van der Waals surface area contributed by atoms with Gasteiger partial charge in [-0.1, -0.05) is 29.8 Å². The Labute approximate surface area is 147 Å². The van der Waals surface area contributed by atoms with Crippen LogP contribution in [-0.4, -0.2) is 20.0 Å². The van der Waals surface area contributed by atoms with Gasteiger partial charge in [0.2, 0.25) is 10.0 Å². The van der Waals surface area contributed by atoms with Crippen molar-refractivity contribution < 1.29 is 26.3 Å². The predicted octanol–water partition coefficient (Wildman–Crippen LogP) is 4.81. The summed E-state index contributed by atoms with van der Waals surface area (Å²) in [5.74, 6) is -0.362. The summed E-state index contributed by atoms with van der Waals surface area (Å²) in [6.45, 7) is 0. The number of anilines is 1. The van der Waals surface area contributed by atoms with Crippen molar-refractivity contribution in [1.82, 2.24) is 0 Å². The molecule has 0 bridgehead atoms. The molecule has 25 heavy (non-hydrogen) atoms. The Morgan fingerprint density at radius 2 is 1.84 bits per heavy atom. The molecule has 0 saturated heterocycles. The van der Waals surface area contributed by atoms with Crippen LogP contribution in [-0.2, 0) is 10.0 Å². The number of nitrogens with one attached hydrogen (secondary N) is 1. The second-order valence-electron chi connectivity index (χ2n) is 5.62. The van der Waals surface area contributed by atoms with E-state index in [4.69, 9.17) is 11.6 Å². The zero-order chi connectivity index (χ0) is 18.2. The van der Waals surface area contributed by atoms with Gasteiger partial charge in [-0.2, -0.15) is 0 Å². The second-order valence-corrected chi connectivity index (χ2v) is 7.98. The average Bonchev–Trinajstić information content (AvgIpc) is 3.30. The second kappa shape index (κ2) is 6.42. The van der Waals surface area contributed by atoms with Gasteiger partial charge < -0.3 is 4.74 Å². The third kappa shape index (κ3) is 4.58. The van der Waals surface area contributed by atoms with Crippen molar-refractivity contribution in [3.63, 3.8) is 0 Å². The van der Waals surface area contributed by atoms with Crippen molar-refractivity contribution in [2.75, 3.05) is 4.72 Å². The summed E-state index contributed by atoms with van der Waals surface area (Å²) in [7, 11) is -3.42. The molecule has 1 saturated carbocycles. The SMILES string of the molecule is O=S(=O)(Nc1ccc(-c2cccc(OC(F)(F)F)c2)c(Cl)c1)C1CC1. The molecule has 0 amide bonds. The van der Waals surface area contributed by atoms with E-state index in [9.17, 15) is 21.6 Å². The van der Waals surface area contributed by atoms with Crippen LogP contribution >= 0.6 is 11.6 Å². The first-order valence-electron chi connectivity index (χ1n) is 7.31. The van der Waals surface area contributed by atoms with Gasteiger partial charge >= 0.3 is 6.36 Å². The molecule has 1 fully saturated rings. The van der Waals surface area contributed by atoms with Gasteiger partial charge in [0, 0.05) is 11.3 Å². The molecular formula is C16H13ClF3NO3S. The number of halogens is 4. The van der Waals surface area contributed by atoms with Gasteiger partial charge in [0.25, 0.3) is 0 Å². The van der Waals surface area contributed by atoms with Crippen molar-refractivity contribution in [2.24, 2.45) is 0 Å². The van der Waals surface area contributed by atoms with E-state index in [0.717, 1.165) is 0 Å². The molecule has 1 aliphatic rings. The first kappa shape index (κ1) is 17.9. The molecule has 0 spiro atoms. The Kier molecular flexibility index (Phi) is 4.59. The first-order valence-corrected chi connectivity index (χ1v) is 9.24. The fourth-order valence-electron chi connectivity index (χ4n) is 2.30. The molecule has 134 valence electrons. The van der Waals surface area contributed by atoms with E-state index in [-0.39, 0.29) is 16.0 Å². The monoisotopic (exact) mass is 391 g/mol. The van der Waals surface area contributed by atoms with Crippen molar-refractivity contribution in [2.45, 2.75) is 24.5 Å². The number of hydrogen-bond donors (Lipinski definition) is 1. The highest BCUT2D eigenvalue weighted by Crippen LogP contribution is 2.35. The quantitative estimate of drug-likeness (QED) is 0.795. The standard InChI is InChI=1S/C16H13ClF3NO3S/c17-15-9-11(21-25(22,23)13-5-6-13)4-7-14(15)10-2-1-3-12(8-10)24-16(18,19)20/h1-4,7-9,13,21H,5-6H2. The van der Waals surface area contributed by atoms with Gasteiger partial charge in [0.15, 0.2) is 0 Å². The fraction of sp³-hybridized carbons (Fsp3) is 0.250. The van der Waals surface area contributed by atoms with Crippen molar-refractivity contribution in [3.8, 4) is 16.9 Å². The van der Waals surface area contributed by atoms with Crippen LogP contribution < -0.4 is 9.46 Å². The van der Waals surface area contributed by atoms with Crippen molar-refractivity contribution >= 4 is 27.3 Å². The van der Waals surface area contributed by atoms with Crippen molar-refractivity contribution in [1.29, 1.82) is 0 Å². The summed E-state index contributed by atoms with van der Waals surface area (Å²) < 4.78 is 67.2. The number of benzene rings is 2. The minimum atomic E-state index is -4.78. The Bertz CT molecular complexity index is 896. The van der Waals surface area contributed by atoms with Crippen LogP contribution in [0.3, 0.4) is 0 Å². The Morgan fingerprint density at radius 3 is 2.44 bits per heavy atom. The smallest absolute Gasteiger partial charge is 0.406 e. The van der Waals surface area contributed by atoms with E-state index in [0.29, 0.717) is 29.7 Å². The lowest BCUT2D eigenvalue weighted by Crippen LogP contribution is -2.17. The Balaban J connectivity index is 1.85. The maximum absolute atomic E-state index is 12.3. The van der Waals surface area contributed by atoms with Crippen LogP contribution in [0.15, 0.2) is 42.5 Å². The number of rotatable bonds is 5. The molecule has 0 heterocycles. The van der Waals surface area contributed by atoms with Gasteiger partial charge in [-0.15, -0.1) is 13.2 Å². The average molecular weight is 392 g/mol. The summed E-state index contributed by atoms with van der Waals surface area (Å²) >= 11 is 6.18. The molecular weight excluding hydrogens is 379 g/mol. The molecule has 3 rings (SSSR count). The Morgan fingerprint density at radius 1 is 1.12 bits per heavy atom. The maximum Gasteiger partial charge on any atom is 0.573 e. The van der Waals surface area contributed by atoms with Gasteiger partial charge in [0.05, 0.1) is 10.3 Å². The molecule has 1 N–H and O–H groups in total. The summed E-state index contributed by atoms with van der Waals surface area (Å²) in [5, 5.41) is -0.165. The largest absolute Gasteiger partial charge is 0.573 e. The molecule has 9 heteroatoms. The third-order valence-electron chi connectivity index (χ3n) is 3.57. The van der Waals surface area contributed by atoms with Crippen LogP contribution in [0.4, 0.5) is 18.9 Å². The van der Waals surface area contributed by atoms with Crippen LogP contribution in [0.1, 0.15) is 12.8 Å². The summed E-state index contributed by atoms with van der Waals surface area (Å²) in [6, 6.07) is 9.87. The van der Waals surface area contributed by atoms with Gasteiger partial charge in [-0.3, -0.25) is 4.72 Å². The lowest BCUT2D eigenvalue weighted by atomic mass is 10.1. The number of ether oxygens (including phenoxy) is 1. The summed E-state index contributed by atoms with van der Waals surface area (Å²) in [6.07, 6.45) is -3.52. The molecule has 0 radical (unpaired) electrons. The highest BCUT2D eigenvalue weighted by molar-refractivity contribution is 7.93. The minimum absolute atomic E-state index is 0.208. The van der Waals surface area contributed by atoms with Gasteiger partial charge in [0.1, 0.15) is 5.75 Å². The highest BCUT2D eigenvalue weighted by atomic mass is 35.5. The number of sulfonamides is 1. The molecule has 0 unspecified atom stereocenters. The van der Waals surface area contributed by atoms with Gasteiger partial charge in [-0.25, -0.2) is 8.42 Å². The molecule has 0 aliphatic heterocycles. The fourth-order valence-corrected chi connectivity index (χ4v) is 3.97. The van der Waals surface area contributed by atoms with Crippen LogP contribution in [0.2, 0.25) is 5.02 Å². The third-order valence-corrected chi connectivity index (χ3v) is 5.75. The molecule has 4 nitrogen and oxygen atoms in total. The predicted molar refractivity (Wildman–Crippen MR) is 89.1 cm³/mol. The number of alkyl halides is 3. The van der Waals surface area contributed by atoms with Crippen LogP contribution in [0.25, 0.3) is 11.1 Å². The maximum atomic E-state index is 12.3. The highest BCUT2D eigenvalue weighted by Gasteiger charge is 2.35. The lowest BCUT2D eigenvalue weighted by Gasteiger charge is -2.12. The van der Waals surface area contributed by atoms with Crippen LogP contribution in [0, 0.1) is 0 Å². The van der Waals surface area contributed by atoms with E-state index >= 15 is 0 Å². The van der Waals surface area contributed by atoms with Gasteiger partial charge in [-0.05, 0) is 42.7 Å². The van der Waals surface area contributed by atoms with E-state index < -0.39 is 16.4 Å². The topological polar surface area (TPSA) is 55.4 Å². The van der Waals surface area contributed by atoms with Crippen LogP contribution in [0.5, 0.6) is 5.75 Å². The zero-order valence-electron chi connectivity index (χ0n) is 12.7. The van der Waals surface area contributed by atoms with Crippen molar-refractivity contribution in [3.05, 3.63) is 47.5 Å². The molecule has 0 aromatic heterocycles. The summed E-state index contributed by atoms with van der Waals surface area (Å²) in [4.78, 5) is 0. The lowest BCUT2D eigenvalue weighted by molar-refractivity contribution is -0.274. The van der Waals surface area contributed by atoms with E-state index in [1.54, 1.807) is 12.1 Å².